The van der Waals surface area contributed by atoms with Crippen LogP contribution in [-0.4, -0.2) is 41.2 Å². The number of aryl methyl sites for hydroxylation is 1. The zero-order valence-electron chi connectivity index (χ0n) is 12.9. The lowest BCUT2D eigenvalue weighted by atomic mass is 10.1. The van der Waals surface area contributed by atoms with Gasteiger partial charge in [-0.05, 0) is 33.8 Å². The molecule has 1 saturated heterocycles. The molecule has 5 nitrogen and oxygen atoms in total. The number of carbonyl (C=O) groups is 1. The normalized spacial score (nSPS) is 19.5. The molecule has 0 radical (unpaired) electrons. The molecule has 2 heterocycles. The van der Waals surface area contributed by atoms with Crippen LogP contribution in [0.4, 0.5) is 4.79 Å². The molecule has 0 spiro atoms. The van der Waals surface area contributed by atoms with Crippen molar-refractivity contribution in [2.24, 2.45) is 0 Å². The third kappa shape index (κ3) is 4.08. The Morgan fingerprint density at radius 3 is 2.81 bits per heavy atom. The van der Waals surface area contributed by atoms with Crippen molar-refractivity contribution in [1.29, 1.82) is 0 Å². The zero-order valence-corrected chi connectivity index (χ0v) is 13.7. The number of piperazine rings is 1. The van der Waals surface area contributed by atoms with Crippen LogP contribution in [0.25, 0.3) is 0 Å². The first-order chi connectivity index (χ1) is 9.78. The van der Waals surface area contributed by atoms with Gasteiger partial charge in [0.05, 0.1) is 6.04 Å². The van der Waals surface area contributed by atoms with Gasteiger partial charge in [0.2, 0.25) is 0 Å². The van der Waals surface area contributed by atoms with Crippen molar-refractivity contribution in [2.75, 3.05) is 19.6 Å². The summed E-state index contributed by atoms with van der Waals surface area (Å²) in [4.78, 5) is 18.4. The first-order valence-corrected chi connectivity index (χ1v) is 7.49. The van der Waals surface area contributed by atoms with E-state index in [-0.39, 0.29) is 12.1 Å². The summed E-state index contributed by atoms with van der Waals surface area (Å²) in [6.45, 7) is 9.45. The smallest absolute Gasteiger partial charge is 0.410 e. The van der Waals surface area contributed by atoms with Gasteiger partial charge in [-0.25, -0.2) is 9.78 Å². The summed E-state index contributed by atoms with van der Waals surface area (Å²) in [5.41, 5.74) is 1.19. The lowest BCUT2D eigenvalue weighted by Crippen LogP contribution is -2.50. The van der Waals surface area contributed by atoms with E-state index in [4.69, 9.17) is 16.3 Å². The number of rotatable bonds is 1. The van der Waals surface area contributed by atoms with Crippen LogP contribution in [0.2, 0.25) is 5.15 Å². The van der Waals surface area contributed by atoms with Crippen LogP contribution in [0.5, 0.6) is 0 Å². The molecule has 6 heteroatoms. The van der Waals surface area contributed by atoms with Crippen molar-refractivity contribution in [3.8, 4) is 0 Å². The molecule has 1 aliphatic heterocycles. The molecule has 1 aliphatic rings. The molecule has 0 saturated carbocycles. The number of nitrogens with zero attached hydrogens (tertiary/aromatic N) is 2. The minimum atomic E-state index is -0.512. The van der Waals surface area contributed by atoms with E-state index in [1.54, 1.807) is 4.90 Å². The van der Waals surface area contributed by atoms with Crippen LogP contribution in [0.3, 0.4) is 0 Å². The number of ether oxygens (including phenoxy) is 1. The summed E-state index contributed by atoms with van der Waals surface area (Å²) in [6.07, 6.45) is -0.314. The van der Waals surface area contributed by atoms with E-state index in [9.17, 15) is 4.79 Å². The molecule has 0 bridgehead atoms. The van der Waals surface area contributed by atoms with Crippen molar-refractivity contribution >= 4 is 17.7 Å². The van der Waals surface area contributed by atoms with Crippen LogP contribution in [-0.2, 0) is 4.74 Å². The fourth-order valence-electron chi connectivity index (χ4n) is 2.31. The highest BCUT2D eigenvalue weighted by Gasteiger charge is 2.32. The summed E-state index contributed by atoms with van der Waals surface area (Å²) in [7, 11) is 0. The predicted molar refractivity (Wildman–Crippen MR) is 82.5 cm³/mol. The molecule has 1 aromatic rings. The van der Waals surface area contributed by atoms with E-state index in [1.807, 2.05) is 39.8 Å². The SMILES string of the molecule is Cc1ccc(C2CNCCN2C(=O)OC(C)(C)C)c(Cl)n1. The molecule has 1 unspecified atom stereocenters. The monoisotopic (exact) mass is 311 g/mol. The number of hydrogen-bond acceptors (Lipinski definition) is 4. The van der Waals surface area contributed by atoms with Gasteiger partial charge in [0.1, 0.15) is 10.8 Å². The topological polar surface area (TPSA) is 54.5 Å². The molecule has 1 atom stereocenters. The number of hydrogen-bond donors (Lipinski definition) is 1. The van der Waals surface area contributed by atoms with Crippen molar-refractivity contribution < 1.29 is 9.53 Å². The van der Waals surface area contributed by atoms with Crippen molar-refractivity contribution in [1.82, 2.24) is 15.2 Å². The third-order valence-corrected chi connectivity index (χ3v) is 3.55. The number of amides is 1. The van der Waals surface area contributed by atoms with E-state index in [1.165, 1.54) is 0 Å². The Bertz CT molecular complexity index is 528. The molecular weight excluding hydrogens is 290 g/mol. The highest BCUT2D eigenvalue weighted by atomic mass is 35.5. The minimum Gasteiger partial charge on any atom is -0.444 e. The molecule has 1 fully saturated rings. The van der Waals surface area contributed by atoms with Gasteiger partial charge in [-0.15, -0.1) is 0 Å². The molecule has 1 aromatic heterocycles. The summed E-state index contributed by atoms with van der Waals surface area (Å²) >= 11 is 6.25. The predicted octanol–water partition coefficient (Wildman–Crippen LogP) is 2.92. The molecule has 2 rings (SSSR count). The summed E-state index contributed by atoms with van der Waals surface area (Å²) in [5.74, 6) is 0. The number of carbonyl (C=O) groups excluding carboxylic acids is 1. The summed E-state index contributed by atoms with van der Waals surface area (Å²) in [6, 6.07) is 3.68. The average Bonchev–Trinajstić information content (AvgIpc) is 2.37. The van der Waals surface area contributed by atoms with Crippen LogP contribution < -0.4 is 5.32 Å². The number of aromatic nitrogens is 1. The van der Waals surface area contributed by atoms with E-state index in [2.05, 4.69) is 10.3 Å². The number of halogens is 1. The molecule has 116 valence electrons. The lowest BCUT2D eigenvalue weighted by Gasteiger charge is -2.37. The van der Waals surface area contributed by atoms with Crippen LogP contribution in [0, 0.1) is 6.92 Å². The zero-order chi connectivity index (χ0) is 15.6. The fraction of sp³-hybridized carbons (Fsp3) is 0.600. The van der Waals surface area contributed by atoms with Gasteiger partial charge in [-0.1, -0.05) is 17.7 Å². The lowest BCUT2D eigenvalue weighted by molar-refractivity contribution is 0.0118. The Balaban J connectivity index is 2.24. The first-order valence-electron chi connectivity index (χ1n) is 7.11. The number of pyridine rings is 1. The van der Waals surface area contributed by atoms with Gasteiger partial charge in [0, 0.05) is 30.9 Å². The average molecular weight is 312 g/mol. The highest BCUT2D eigenvalue weighted by Crippen LogP contribution is 2.29. The van der Waals surface area contributed by atoms with Crippen molar-refractivity contribution in [2.45, 2.75) is 39.3 Å². The van der Waals surface area contributed by atoms with Crippen molar-refractivity contribution in [3.63, 3.8) is 0 Å². The van der Waals surface area contributed by atoms with Gasteiger partial charge >= 0.3 is 6.09 Å². The quantitative estimate of drug-likeness (QED) is 0.810. The van der Waals surface area contributed by atoms with Gasteiger partial charge in [0.25, 0.3) is 0 Å². The number of nitrogens with one attached hydrogen (secondary N) is 1. The van der Waals surface area contributed by atoms with Gasteiger partial charge in [-0.2, -0.15) is 0 Å². The van der Waals surface area contributed by atoms with E-state index >= 15 is 0 Å². The Morgan fingerprint density at radius 1 is 1.48 bits per heavy atom. The second-order valence-corrected chi connectivity index (χ2v) is 6.58. The molecule has 1 N–H and O–H groups in total. The van der Waals surface area contributed by atoms with E-state index < -0.39 is 5.60 Å². The Kier molecular flexibility index (Phi) is 4.74. The van der Waals surface area contributed by atoms with Gasteiger partial charge in [0.15, 0.2) is 0 Å². The van der Waals surface area contributed by atoms with E-state index in [0.29, 0.717) is 18.2 Å². The fourth-order valence-corrected chi connectivity index (χ4v) is 2.63. The maximum absolute atomic E-state index is 12.4. The van der Waals surface area contributed by atoms with Crippen LogP contribution in [0.1, 0.15) is 38.1 Å². The molecule has 21 heavy (non-hydrogen) atoms. The van der Waals surface area contributed by atoms with Crippen molar-refractivity contribution in [3.05, 3.63) is 28.5 Å². The Hall–Kier alpha value is -1.33. The van der Waals surface area contributed by atoms with Crippen LogP contribution >= 0.6 is 11.6 Å². The maximum atomic E-state index is 12.4. The third-order valence-electron chi connectivity index (χ3n) is 3.25. The second-order valence-electron chi connectivity index (χ2n) is 6.23. The molecule has 0 aromatic carbocycles. The second kappa shape index (κ2) is 6.20. The van der Waals surface area contributed by atoms with Gasteiger partial charge < -0.3 is 10.1 Å². The van der Waals surface area contributed by atoms with Crippen LogP contribution in [0.15, 0.2) is 12.1 Å². The molecule has 1 amide bonds. The Morgan fingerprint density at radius 2 is 2.19 bits per heavy atom. The summed E-state index contributed by atoms with van der Waals surface area (Å²) in [5, 5.41) is 3.73. The first kappa shape index (κ1) is 16.0. The molecule has 0 aliphatic carbocycles. The van der Waals surface area contributed by atoms with E-state index in [0.717, 1.165) is 17.8 Å². The standard InChI is InChI=1S/C15H22ClN3O2/c1-10-5-6-11(13(16)18-10)12-9-17-7-8-19(12)14(20)21-15(2,3)4/h5-6,12,17H,7-9H2,1-4H3. The highest BCUT2D eigenvalue weighted by molar-refractivity contribution is 6.30. The largest absolute Gasteiger partial charge is 0.444 e. The maximum Gasteiger partial charge on any atom is 0.410 e. The Labute approximate surface area is 130 Å². The molecular formula is C15H22ClN3O2. The van der Waals surface area contributed by atoms with Gasteiger partial charge in [-0.3, -0.25) is 4.90 Å². The summed E-state index contributed by atoms with van der Waals surface area (Å²) < 4.78 is 5.49. The minimum absolute atomic E-state index is 0.158.